The van der Waals surface area contributed by atoms with Gasteiger partial charge < -0.3 is 40.0 Å². The van der Waals surface area contributed by atoms with Crippen molar-refractivity contribution in [2.75, 3.05) is 26.7 Å². The van der Waals surface area contributed by atoms with E-state index in [9.17, 15) is 14.6 Å². The highest BCUT2D eigenvalue weighted by Crippen LogP contribution is 2.42. The highest BCUT2D eigenvalue weighted by Gasteiger charge is 2.41. The molecule has 0 spiro atoms. The van der Waals surface area contributed by atoms with E-state index < -0.39 is 24.9 Å². The number of fused-ring (bicyclic) bond motifs is 4. The molecule has 8 rings (SSSR count). The number of nitrogens with two attached hydrogens (primary N) is 1. The van der Waals surface area contributed by atoms with Crippen LogP contribution in [-0.4, -0.2) is 102 Å². The SMILES string of the molecule is COC(O)NC(C(C)C)C(O)N1CC(C)CC1c1ncc(-c2ccc3c(c2)cc2n3COC3=C2CCC(c2cnc(C4CC(F)CN4CC(N)C(C)C)[nH]2)=C3)[nH]1. The number of imidazole rings is 2. The maximum atomic E-state index is 14.6. The first kappa shape index (κ1) is 39.0. The molecule has 56 heavy (non-hydrogen) atoms. The molecule has 0 bridgehead atoms. The van der Waals surface area contributed by atoms with Crippen LogP contribution in [0.4, 0.5) is 4.39 Å². The standard InChI is InChI=1S/C42H58FN9O4/c1-22(2)30(44)20-50-19-28(43)15-35(50)39-45-17-32(47-39)26-7-9-29-34-13-27-12-25(8-10-33(27)52(34)21-56-37(29)14-26)31-16-46-40(48-31)36-11-24(5)18-51(36)41(53)38(23(3)4)49-42(54)55-6/h8,10,12-14,16-17,22-24,28,30,35-36,38,41-42,49,53-54H,7,9,11,15,18-21,44H2,1-6H3,(H,45,47)(H,46,48). The summed E-state index contributed by atoms with van der Waals surface area (Å²) in [7, 11) is 1.43. The molecule has 0 amide bonds. The van der Waals surface area contributed by atoms with Crippen LogP contribution < -0.4 is 11.1 Å². The van der Waals surface area contributed by atoms with Crippen molar-refractivity contribution in [1.82, 2.24) is 39.6 Å². The van der Waals surface area contributed by atoms with Crippen molar-refractivity contribution in [3.05, 3.63) is 71.5 Å². The number of hydrogen-bond donors (Lipinski definition) is 6. The van der Waals surface area contributed by atoms with Gasteiger partial charge in [-0.1, -0.05) is 40.7 Å². The van der Waals surface area contributed by atoms with Gasteiger partial charge in [-0.2, -0.15) is 0 Å². The highest BCUT2D eigenvalue weighted by molar-refractivity contribution is 5.91. The number of aliphatic hydroxyl groups is 2. The van der Waals surface area contributed by atoms with E-state index in [1.54, 1.807) is 0 Å². The molecule has 8 unspecified atom stereocenters. The number of nitrogens with zero attached hydrogens (tertiary/aromatic N) is 5. The lowest BCUT2D eigenvalue weighted by Crippen LogP contribution is -2.55. The topological polar surface area (TPSA) is 166 Å². The monoisotopic (exact) mass is 771 g/mol. The van der Waals surface area contributed by atoms with Crippen molar-refractivity contribution < 1.29 is 24.1 Å². The normalized spacial score (nSPS) is 25.5. The lowest BCUT2D eigenvalue weighted by molar-refractivity contribution is -0.132. The first-order valence-corrected chi connectivity index (χ1v) is 20.2. The molecule has 2 saturated heterocycles. The van der Waals surface area contributed by atoms with Gasteiger partial charge in [0.25, 0.3) is 0 Å². The van der Waals surface area contributed by atoms with Crippen LogP contribution in [0.2, 0.25) is 0 Å². The maximum Gasteiger partial charge on any atom is 0.213 e. The zero-order valence-electron chi connectivity index (χ0n) is 33.4. The first-order valence-electron chi connectivity index (χ1n) is 20.2. The molecule has 0 saturated carbocycles. The molecule has 1 aliphatic carbocycles. The Morgan fingerprint density at radius 3 is 2.50 bits per heavy atom. The second-order valence-corrected chi connectivity index (χ2v) is 17.1. The van der Waals surface area contributed by atoms with E-state index in [1.165, 1.54) is 12.7 Å². The van der Waals surface area contributed by atoms with E-state index in [-0.39, 0.29) is 24.0 Å². The number of aromatic nitrogens is 5. The van der Waals surface area contributed by atoms with Crippen molar-refractivity contribution in [2.24, 2.45) is 23.5 Å². The number of benzene rings is 1. The quantitative estimate of drug-likeness (QED) is 0.0938. The smallest absolute Gasteiger partial charge is 0.213 e. The highest BCUT2D eigenvalue weighted by atomic mass is 19.1. The Morgan fingerprint density at radius 1 is 1.00 bits per heavy atom. The number of methoxy groups -OCH3 is 1. The summed E-state index contributed by atoms with van der Waals surface area (Å²) < 4.78 is 28.3. The Hall–Kier alpha value is -3.89. The van der Waals surface area contributed by atoms with Crippen LogP contribution in [0.15, 0.2) is 48.5 Å². The van der Waals surface area contributed by atoms with Crippen molar-refractivity contribution in [2.45, 2.75) is 110 Å². The number of nitrogens with one attached hydrogen (secondary N) is 3. The van der Waals surface area contributed by atoms with Gasteiger partial charge in [0.05, 0.1) is 53.1 Å². The van der Waals surface area contributed by atoms with Crippen LogP contribution in [0.5, 0.6) is 0 Å². The van der Waals surface area contributed by atoms with Crippen molar-refractivity contribution in [3.63, 3.8) is 0 Å². The minimum absolute atomic E-state index is 0.0175. The molecule has 3 aliphatic heterocycles. The molecule has 2 fully saturated rings. The second kappa shape index (κ2) is 15.8. The number of H-pyrrole nitrogens is 2. The van der Waals surface area contributed by atoms with E-state index in [4.69, 9.17) is 25.2 Å². The fourth-order valence-electron chi connectivity index (χ4n) is 9.10. The van der Waals surface area contributed by atoms with Gasteiger partial charge in [-0.05, 0) is 66.9 Å². The zero-order valence-corrected chi connectivity index (χ0v) is 33.4. The van der Waals surface area contributed by atoms with Gasteiger partial charge in [0, 0.05) is 55.7 Å². The van der Waals surface area contributed by atoms with Crippen LogP contribution in [-0.2, 0) is 16.2 Å². The Kier molecular flexibility index (Phi) is 11.0. The predicted molar refractivity (Wildman–Crippen MR) is 214 cm³/mol. The van der Waals surface area contributed by atoms with Crippen LogP contribution in [0.1, 0.15) is 95.4 Å². The number of rotatable bonds is 13. The molecule has 302 valence electrons. The summed E-state index contributed by atoms with van der Waals surface area (Å²) in [4.78, 5) is 20.9. The summed E-state index contributed by atoms with van der Waals surface area (Å²) in [6, 6.07) is 8.09. The molecule has 0 radical (unpaired) electrons. The molecule has 4 aromatic rings. The summed E-state index contributed by atoms with van der Waals surface area (Å²) in [6.07, 6.45) is 5.93. The number of halogens is 1. The Bertz CT molecular complexity index is 2090. The maximum absolute atomic E-state index is 14.6. The Labute approximate surface area is 328 Å². The first-order chi connectivity index (χ1) is 26.9. The van der Waals surface area contributed by atoms with Gasteiger partial charge in [-0.25, -0.2) is 14.4 Å². The van der Waals surface area contributed by atoms with Gasteiger partial charge >= 0.3 is 0 Å². The molecule has 8 atom stereocenters. The fraction of sp³-hybridized carbons (Fsp3) is 0.571. The third-order valence-corrected chi connectivity index (χ3v) is 12.4. The zero-order chi connectivity index (χ0) is 39.4. The van der Waals surface area contributed by atoms with Crippen molar-refractivity contribution in [3.8, 4) is 11.3 Å². The number of hydrogen-bond acceptors (Lipinski definition) is 10. The van der Waals surface area contributed by atoms with Crippen LogP contribution in [0.3, 0.4) is 0 Å². The molecular weight excluding hydrogens is 714 g/mol. The number of aliphatic hydroxyl groups excluding tert-OH is 2. The number of aromatic amines is 2. The van der Waals surface area contributed by atoms with Gasteiger partial charge in [0.2, 0.25) is 6.41 Å². The number of alkyl halides is 1. The van der Waals surface area contributed by atoms with Gasteiger partial charge in [0.1, 0.15) is 29.8 Å². The van der Waals surface area contributed by atoms with E-state index in [0.717, 1.165) is 75.8 Å². The molecular formula is C42H58FN9O4. The third-order valence-electron chi connectivity index (χ3n) is 12.4. The third kappa shape index (κ3) is 7.48. The summed E-state index contributed by atoms with van der Waals surface area (Å²) in [5.74, 6) is 3.23. The van der Waals surface area contributed by atoms with Gasteiger partial charge in [0.15, 0.2) is 6.73 Å². The summed E-state index contributed by atoms with van der Waals surface area (Å²) in [5.41, 5.74) is 13.9. The van der Waals surface area contributed by atoms with Crippen LogP contribution in [0.25, 0.3) is 33.3 Å². The van der Waals surface area contributed by atoms with E-state index in [1.807, 2.05) is 26.2 Å². The van der Waals surface area contributed by atoms with Crippen LogP contribution >= 0.6 is 0 Å². The Balaban J connectivity index is 1.00. The van der Waals surface area contributed by atoms with Crippen molar-refractivity contribution in [1.29, 1.82) is 0 Å². The van der Waals surface area contributed by atoms with Crippen LogP contribution in [0, 0.1) is 17.8 Å². The van der Waals surface area contributed by atoms with E-state index >= 15 is 0 Å². The number of allylic oxidation sites excluding steroid dienone is 3. The van der Waals surface area contributed by atoms with Gasteiger partial charge in [-0.3, -0.25) is 15.1 Å². The minimum atomic E-state index is -1.17. The Morgan fingerprint density at radius 2 is 1.75 bits per heavy atom. The molecule has 13 nitrogen and oxygen atoms in total. The largest absolute Gasteiger partial charge is 0.472 e. The summed E-state index contributed by atoms with van der Waals surface area (Å²) >= 11 is 0. The lowest BCUT2D eigenvalue weighted by atomic mass is 9.93. The number of ether oxygens (including phenoxy) is 2. The fourth-order valence-corrected chi connectivity index (χ4v) is 9.10. The van der Waals surface area contributed by atoms with E-state index in [0.29, 0.717) is 44.6 Å². The summed E-state index contributed by atoms with van der Waals surface area (Å²) in [5, 5.41) is 25.8. The second-order valence-electron chi connectivity index (χ2n) is 17.1. The van der Waals surface area contributed by atoms with Gasteiger partial charge in [-0.15, -0.1) is 0 Å². The molecule has 3 aromatic heterocycles. The predicted octanol–water partition coefficient (Wildman–Crippen LogP) is 5.64. The number of likely N-dealkylation sites (tertiary alicyclic amines) is 2. The van der Waals surface area contributed by atoms with E-state index in [2.05, 4.69) is 80.8 Å². The molecule has 6 heterocycles. The molecule has 7 N–H and O–H groups in total. The summed E-state index contributed by atoms with van der Waals surface area (Å²) in [6.45, 7) is 12.6. The average Bonchev–Trinajstić information content (AvgIpc) is 4.02. The average molecular weight is 772 g/mol. The minimum Gasteiger partial charge on any atom is -0.472 e. The lowest BCUT2D eigenvalue weighted by Gasteiger charge is -2.37. The molecule has 14 heteroatoms. The van der Waals surface area contributed by atoms with Crippen molar-refractivity contribution >= 4 is 22.0 Å². The molecule has 4 aliphatic rings. The molecule has 1 aromatic carbocycles.